The van der Waals surface area contributed by atoms with E-state index in [1.54, 1.807) is 25.3 Å². The zero-order valence-corrected chi connectivity index (χ0v) is 15.9. The molecule has 0 fully saturated rings. The molecule has 0 aliphatic heterocycles. The Hall–Kier alpha value is -3.26. The molecule has 2 rings (SSSR count). The van der Waals surface area contributed by atoms with Gasteiger partial charge < -0.3 is 14.8 Å². The quantitative estimate of drug-likeness (QED) is 0.572. The maximum absolute atomic E-state index is 12.4. The van der Waals surface area contributed by atoms with Gasteiger partial charge in [-0.2, -0.15) is 5.26 Å². The van der Waals surface area contributed by atoms with E-state index in [1.807, 2.05) is 50.2 Å². The van der Waals surface area contributed by atoms with Crippen LogP contribution in [0.25, 0.3) is 6.08 Å². The molecule has 0 aliphatic carbocycles. The highest BCUT2D eigenvalue weighted by molar-refractivity contribution is 6.02. The monoisotopic (exact) mass is 364 g/mol. The average Bonchev–Trinajstić information content (AvgIpc) is 2.67. The number of rotatable bonds is 8. The molecule has 2 aromatic carbocycles. The summed E-state index contributed by atoms with van der Waals surface area (Å²) in [5, 5.41) is 12.2. The second-order valence-corrected chi connectivity index (χ2v) is 6.21. The lowest BCUT2D eigenvalue weighted by atomic mass is 10.1. The van der Waals surface area contributed by atoms with Crippen molar-refractivity contribution in [3.8, 4) is 17.6 Å². The Morgan fingerprint density at radius 2 is 1.93 bits per heavy atom. The molecule has 2 aromatic rings. The Morgan fingerprint density at radius 3 is 2.56 bits per heavy atom. The van der Waals surface area contributed by atoms with Gasteiger partial charge in [0.05, 0.1) is 13.2 Å². The normalized spacial score (nSPS) is 11.0. The van der Waals surface area contributed by atoms with Gasteiger partial charge in [-0.05, 0) is 38.0 Å². The molecule has 1 amide bonds. The summed E-state index contributed by atoms with van der Waals surface area (Å²) >= 11 is 0. The van der Waals surface area contributed by atoms with Crippen LogP contribution >= 0.6 is 0 Å². The van der Waals surface area contributed by atoms with E-state index in [2.05, 4.69) is 5.32 Å². The number of nitriles is 1. The van der Waals surface area contributed by atoms with Crippen molar-refractivity contribution >= 4 is 12.0 Å². The molecular weight excluding hydrogens is 340 g/mol. The number of carbonyl (C=O) groups excluding carboxylic acids is 1. The minimum atomic E-state index is -0.410. The summed E-state index contributed by atoms with van der Waals surface area (Å²) in [7, 11) is 1.55. The van der Waals surface area contributed by atoms with Crippen LogP contribution in [0.3, 0.4) is 0 Å². The molecule has 0 saturated carbocycles. The second kappa shape index (κ2) is 10.0. The fourth-order valence-electron chi connectivity index (χ4n) is 2.53. The summed E-state index contributed by atoms with van der Waals surface area (Å²) in [5.74, 6) is 0.658. The standard InChI is InChI=1S/C22H24N2O3/c1-16(2)27-21-18(10-7-11-20(21)26-3)14-19(15-23)22(25)24-13-12-17-8-5-4-6-9-17/h4-11,14,16H,12-13H2,1-3H3,(H,24,25)/b19-14+. The number of carbonyl (C=O) groups is 1. The minimum absolute atomic E-state index is 0.0184. The van der Waals surface area contributed by atoms with Crippen molar-refractivity contribution in [2.45, 2.75) is 26.4 Å². The van der Waals surface area contributed by atoms with Gasteiger partial charge in [0.2, 0.25) is 0 Å². The summed E-state index contributed by atoms with van der Waals surface area (Å²) in [4.78, 5) is 12.4. The van der Waals surface area contributed by atoms with Crippen molar-refractivity contribution < 1.29 is 14.3 Å². The zero-order valence-electron chi connectivity index (χ0n) is 15.9. The predicted octanol–water partition coefficient (Wildman–Crippen LogP) is 3.75. The average molecular weight is 364 g/mol. The molecule has 0 aliphatic rings. The first-order chi connectivity index (χ1) is 13.0. The molecule has 27 heavy (non-hydrogen) atoms. The van der Waals surface area contributed by atoms with Gasteiger partial charge >= 0.3 is 0 Å². The van der Waals surface area contributed by atoms with Gasteiger partial charge in [0.1, 0.15) is 11.6 Å². The topological polar surface area (TPSA) is 71.3 Å². The van der Waals surface area contributed by atoms with Crippen LogP contribution in [0, 0.1) is 11.3 Å². The van der Waals surface area contributed by atoms with Crippen LogP contribution < -0.4 is 14.8 Å². The third-order valence-corrected chi connectivity index (χ3v) is 3.79. The predicted molar refractivity (Wildman–Crippen MR) is 106 cm³/mol. The summed E-state index contributed by atoms with van der Waals surface area (Å²) in [6.45, 7) is 4.26. The van der Waals surface area contributed by atoms with E-state index in [0.717, 1.165) is 5.56 Å². The Morgan fingerprint density at radius 1 is 1.19 bits per heavy atom. The molecule has 0 aromatic heterocycles. The van der Waals surface area contributed by atoms with Crippen molar-refractivity contribution in [1.29, 1.82) is 5.26 Å². The van der Waals surface area contributed by atoms with E-state index >= 15 is 0 Å². The van der Waals surface area contributed by atoms with E-state index in [9.17, 15) is 10.1 Å². The van der Waals surface area contributed by atoms with Crippen molar-refractivity contribution in [2.75, 3.05) is 13.7 Å². The fraction of sp³-hybridized carbons (Fsp3) is 0.273. The number of benzene rings is 2. The molecule has 5 heteroatoms. The molecule has 140 valence electrons. The van der Waals surface area contributed by atoms with Crippen LogP contribution in [-0.2, 0) is 11.2 Å². The summed E-state index contributed by atoms with van der Waals surface area (Å²) in [5.41, 5.74) is 1.77. The van der Waals surface area contributed by atoms with Crippen molar-refractivity contribution in [3.05, 3.63) is 65.2 Å². The van der Waals surface area contributed by atoms with Gasteiger partial charge in [-0.1, -0.05) is 42.5 Å². The molecule has 0 heterocycles. The van der Waals surface area contributed by atoms with Crippen LogP contribution in [0.1, 0.15) is 25.0 Å². The van der Waals surface area contributed by atoms with E-state index in [-0.39, 0.29) is 11.7 Å². The first kappa shape index (κ1) is 20.1. The molecule has 0 spiro atoms. The van der Waals surface area contributed by atoms with E-state index in [0.29, 0.717) is 30.0 Å². The Kier molecular flexibility index (Phi) is 7.45. The molecule has 0 bridgehead atoms. The van der Waals surface area contributed by atoms with Crippen LogP contribution in [0.15, 0.2) is 54.1 Å². The van der Waals surface area contributed by atoms with Gasteiger partial charge in [0.15, 0.2) is 11.5 Å². The smallest absolute Gasteiger partial charge is 0.261 e. The van der Waals surface area contributed by atoms with Crippen LogP contribution in [0.4, 0.5) is 0 Å². The van der Waals surface area contributed by atoms with E-state index < -0.39 is 5.91 Å². The van der Waals surface area contributed by atoms with E-state index in [4.69, 9.17) is 9.47 Å². The number of nitrogens with zero attached hydrogens (tertiary/aromatic N) is 1. The van der Waals surface area contributed by atoms with Gasteiger partial charge in [-0.15, -0.1) is 0 Å². The molecule has 5 nitrogen and oxygen atoms in total. The highest BCUT2D eigenvalue weighted by Crippen LogP contribution is 2.33. The van der Waals surface area contributed by atoms with Gasteiger partial charge in [-0.3, -0.25) is 4.79 Å². The zero-order chi connectivity index (χ0) is 19.6. The third-order valence-electron chi connectivity index (χ3n) is 3.79. The lowest BCUT2D eigenvalue weighted by molar-refractivity contribution is -0.117. The lowest BCUT2D eigenvalue weighted by Crippen LogP contribution is -2.26. The SMILES string of the molecule is COc1cccc(/C=C(\C#N)C(=O)NCCc2ccccc2)c1OC(C)C. The Bertz CT molecular complexity index is 836. The third kappa shape index (κ3) is 5.89. The lowest BCUT2D eigenvalue weighted by Gasteiger charge is -2.16. The van der Waals surface area contributed by atoms with Crippen molar-refractivity contribution in [3.63, 3.8) is 0 Å². The minimum Gasteiger partial charge on any atom is -0.493 e. The summed E-state index contributed by atoms with van der Waals surface area (Å²) in [6, 6.07) is 17.2. The van der Waals surface area contributed by atoms with Crippen LogP contribution in [0.2, 0.25) is 0 Å². The van der Waals surface area contributed by atoms with Gasteiger partial charge in [0, 0.05) is 12.1 Å². The van der Waals surface area contributed by atoms with Crippen molar-refractivity contribution in [1.82, 2.24) is 5.32 Å². The van der Waals surface area contributed by atoms with Gasteiger partial charge in [0.25, 0.3) is 5.91 Å². The first-order valence-corrected chi connectivity index (χ1v) is 8.82. The first-order valence-electron chi connectivity index (χ1n) is 8.82. The number of hydrogen-bond acceptors (Lipinski definition) is 4. The number of nitrogens with one attached hydrogen (secondary N) is 1. The van der Waals surface area contributed by atoms with Crippen molar-refractivity contribution in [2.24, 2.45) is 0 Å². The second-order valence-electron chi connectivity index (χ2n) is 6.21. The number of hydrogen-bond donors (Lipinski definition) is 1. The molecule has 0 atom stereocenters. The highest BCUT2D eigenvalue weighted by atomic mass is 16.5. The van der Waals surface area contributed by atoms with Gasteiger partial charge in [-0.25, -0.2) is 0 Å². The number of methoxy groups -OCH3 is 1. The molecule has 0 unspecified atom stereocenters. The molecule has 1 N–H and O–H groups in total. The Balaban J connectivity index is 2.15. The summed E-state index contributed by atoms with van der Waals surface area (Å²) < 4.78 is 11.2. The van der Waals surface area contributed by atoms with Crippen LogP contribution in [0.5, 0.6) is 11.5 Å². The Labute approximate surface area is 160 Å². The number of amides is 1. The van der Waals surface area contributed by atoms with E-state index in [1.165, 1.54) is 6.08 Å². The van der Waals surface area contributed by atoms with Crippen LogP contribution in [-0.4, -0.2) is 25.7 Å². The fourth-order valence-corrected chi connectivity index (χ4v) is 2.53. The number of ether oxygens (including phenoxy) is 2. The molecule has 0 saturated heterocycles. The summed E-state index contributed by atoms with van der Waals surface area (Å²) in [6.07, 6.45) is 2.16. The maximum Gasteiger partial charge on any atom is 0.261 e. The number of para-hydroxylation sites is 1. The largest absolute Gasteiger partial charge is 0.493 e. The highest BCUT2D eigenvalue weighted by Gasteiger charge is 2.14. The molecular formula is C22H24N2O3. The maximum atomic E-state index is 12.4. The molecule has 0 radical (unpaired) electrons.